The number of nitrogens with one attached hydrogen (secondary N) is 1. The van der Waals surface area contributed by atoms with Gasteiger partial charge in [0.1, 0.15) is 11.5 Å². The highest BCUT2D eigenvalue weighted by atomic mass is 16.5. The summed E-state index contributed by atoms with van der Waals surface area (Å²) in [5.41, 5.74) is 3.42. The summed E-state index contributed by atoms with van der Waals surface area (Å²) in [7, 11) is 1.60. The van der Waals surface area contributed by atoms with Gasteiger partial charge in [0.05, 0.1) is 18.9 Å². The van der Waals surface area contributed by atoms with E-state index in [2.05, 4.69) is 10.5 Å². The number of nitrogens with zero attached hydrogens (tertiary/aromatic N) is 1. The fourth-order valence-corrected chi connectivity index (χ4v) is 2.35. The lowest BCUT2D eigenvalue weighted by molar-refractivity contribution is 0.0952. The van der Waals surface area contributed by atoms with E-state index >= 15 is 0 Å². The van der Waals surface area contributed by atoms with E-state index in [0.29, 0.717) is 5.39 Å². The minimum absolute atomic E-state index is 0.0507. The predicted molar refractivity (Wildman–Crippen MR) is 93.7 cm³/mol. The van der Waals surface area contributed by atoms with Crippen LogP contribution in [-0.4, -0.2) is 24.3 Å². The van der Waals surface area contributed by atoms with Gasteiger partial charge in [0.25, 0.3) is 5.91 Å². The van der Waals surface area contributed by atoms with E-state index in [1.165, 1.54) is 6.21 Å². The average molecular weight is 320 g/mol. The third-order valence-electron chi connectivity index (χ3n) is 3.64. The van der Waals surface area contributed by atoms with Crippen LogP contribution in [0.2, 0.25) is 0 Å². The number of carbonyl (C=O) groups excluding carboxylic acids is 1. The average Bonchev–Trinajstić information content (AvgIpc) is 2.62. The Kier molecular flexibility index (Phi) is 4.43. The number of ether oxygens (including phenoxy) is 1. The largest absolute Gasteiger partial charge is 0.506 e. The first kappa shape index (κ1) is 15.6. The fraction of sp³-hybridized carbons (Fsp3) is 0.0526. The topological polar surface area (TPSA) is 70.9 Å². The molecule has 0 saturated carbocycles. The summed E-state index contributed by atoms with van der Waals surface area (Å²) in [6.45, 7) is 0. The van der Waals surface area contributed by atoms with Gasteiger partial charge in [-0.05, 0) is 41.3 Å². The first-order chi connectivity index (χ1) is 11.7. The SMILES string of the molecule is COc1ccc(/C=N\NC(=O)c2ccc3ccccc3c2O)cc1. The summed E-state index contributed by atoms with van der Waals surface area (Å²) in [6, 6.07) is 17.9. The van der Waals surface area contributed by atoms with E-state index in [4.69, 9.17) is 4.74 Å². The van der Waals surface area contributed by atoms with Crippen LogP contribution in [0.1, 0.15) is 15.9 Å². The van der Waals surface area contributed by atoms with Gasteiger partial charge in [0.15, 0.2) is 0 Å². The van der Waals surface area contributed by atoms with Crippen molar-refractivity contribution < 1.29 is 14.6 Å². The zero-order valence-electron chi connectivity index (χ0n) is 13.1. The van der Waals surface area contributed by atoms with Crippen LogP contribution in [0.25, 0.3) is 10.8 Å². The molecule has 3 aromatic carbocycles. The molecule has 0 spiro atoms. The quantitative estimate of drug-likeness (QED) is 0.572. The van der Waals surface area contributed by atoms with Gasteiger partial charge in [0, 0.05) is 5.39 Å². The summed E-state index contributed by atoms with van der Waals surface area (Å²) < 4.78 is 5.08. The van der Waals surface area contributed by atoms with Crippen molar-refractivity contribution in [3.05, 3.63) is 71.8 Å². The molecule has 0 aliphatic heterocycles. The Hall–Kier alpha value is -3.34. The Morgan fingerprint density at radius 2 is 1.83 bits per heavy atom. The highest BCUT2D eigenvalue weighted by molar-refractivity contribution is 6.03. The molecule has 0 fully saturated rings. The zero-order chi connectivity index (χ0) is 16.9. The molecule has 3 aromatic rings. The maximum Gasteiger partial charge on any atom is 0.275 e. The van der Waals surface area contributed by atoms with E-state index in [1.54, 1.807) is 37.4 Å². The lowest BCUT2D eigenvalue weighted by Crippen LogP contribution is -2.17. The van der Waals surface area contributed by atoms with Crippen LogP contribution in [0.5, 0.6) is 11.5 Å². The predicted octanol–water partition coefficient (Wildman–Crippen LogP) is 3.32. The van der Waals surface area contributed by atoms with Gasteiger partial charge < -0.3 is 9.84 Å². The van der Waals surface area contributed by atoms with E-state index < -0.39 is 5.91 Å². The minimum atomic E-state index is -0.469. The van der Waals surface area contributed by atoms with Crippen molar-refractivity contribution in [2.45, 2.75) is 0 Å². The molecular formula is C19H16N2O3. The van der Waals surface area contributed by atoms with Crippen LogP contribution in [0.4, 0.5) is 0 Å². The highest BCUT2D eigenvalue weighted by Gasteiger charge is 2.12. The van der Waals surface area contributed by atoms with Gasteiger partial charge in [-0.3, -0.25) is 4.79 Å². The second kappa shape index (κ2) is 6.83. The first-order valence-corrected chi connectivity index (χ1v) is 7.37. The number of methoxy groups -OCH3 is 1. The van der Waals surface area contributed by atoms with Gasteiger partial charge in [-0.2, -0.15) is 5.10 Å². The molecule has 5 nitrogen and oxygen atoms in total. The molecule has 0 bridgehead atoms. The van der Waals surface area contributed by atoms with Crippen LogP contribution < -0.4 is 10.2 Å². The standard InChI is InChI=1S/C19H16N2O3/c1-24-15-9-6-13(7-10-15)12-20-21-19(23)17-11-8-14-4-2-3-5-16(14)18(17)22/h2-12,22H,1H3,(H,21,23)/b20-12-. The van der Waals surface area contributed by atoms with E-state index in [1.807, 2.05) is 30.3 Å². The number of aromatic hydroxyl groups is 1. The smallest absolute Gasteiger partial charge is 0.275 e. The van der Waals surface area contributed by atoms with Gasteiger partial charge in [-0.15, -0.1) is 0 Å². The van der Waals surface area contributed by atoms with E-state index in [9.17, 15) is 9.90 Å². The van der Waals surface area contributed by atoms with Crippen LogP contribution in [0.3, 0.4) is 0 Å². The molecule has 0 aliphatic rings. The van der Waals surface area contributed by atoms with Crippen molar-refractivity contribution in [2.75, 3.05) is 7.11 Å². The van der Waals surface area contributed by atoms with Crippen LogP contribution in [-0.2, 0) is 0 Å². The van der Waals surface area contributed by atoms with Gasteiger partial charge in [-0.25, -0.2) is 5.43 Å². The van der Waals surface area contributed by atoms with Gasteiger partial charge in [0.2, 0.25) is 0 Å². The summed E-state index contributed by atoms with van der Waals surface area (Å²) in [5.74, 6) is 0.227. The molecule has 0 heterocycles. The number of hydrogen-bond acceptors (Lipinski definition) is 4. The number of carbonyl (C=O) groups is 1. The summed E-state index contributed by atoms with van der Waals surface area (Å²) in [6.07, 6.45) is 1.52. The monoisotopic (exact) mass is 320 g/mol. The molecule has 1 amide bonds. The number of hydrazone groups is 1. The fourth-order valence-electron chi connectivity index (χ4n) is 2.35. The maximum absolute atomic E-state index is 12.2. The molecule has 120 valence electrons. The van der Waals surface area contributed by atoms with E-state index in [0.717, 1.165) is 16.7 Å². The normalized spacial score (nSPS) is 10.9. The van der Waals surface area contributed by atoms with Crippen molar-refractivity contribution in [1.82, 2.24) is 5.43 Å². The number of rotatable bonds is 4. The van der Waals surface area contributed by atoms with Crippen molar-refractivity contribution >= 4 is 22.9 Å². The maximum atomic E-state index is 12.2. The zero-order valence-corrected chi connectivity index (χ0v) is 13.1. The number of phenolic OH excluding ortho intramolecular Hbond substituents is 1. The van der Waals surface area contributed by atoms with Crippen LogP contribution >= 0.6 is 0 Å². The van der Waals surface area contributed by atoms with Crippen LogP contribution in [0, 0.1) is 0 Å². The molecule has 0 aromatic heterocycles. The number of benzene rings is 3. The van der Waals surface area contributed by atoms with E-state index in [-0.39, 0.29) is 11.3 Å². The van der Waals surface area contributed by atoms with Gasteiger partial charge in [-0.1, -0.05) is 30.3 Å². The lowest BCUT2D eigenvalue weighted by atomic mass is 10.1. The Bertz CT molecular complexity index is 902. The highest BCUT2D eigenvalue weighted by Crippen LogP contribution is 2.28. The third kappa shape index (κ3) is 3.20. The Morgan fingerprint density at radius 3 is 2.58 bits per heavy atom. The number of phenols is 1. The number of fused-ring (bicyclic) bond motifs is 1. The van der Waals surface area contributed by atoms with Crippen molar-refractivity contribution in [1.29, 1.82) is 0 Å². The molecule has 2 N–H and O–H groups in total. The van der Waals surface area contributed by atoms with Gasteiger partial charge >= 0.3 is 0 Å². The summed E-state index contributed by atoms with van der Waals surface area (Å²) in [5, 5.41) is 15.7. The molecule has 0 saturated heterocycles. The van der Waals surface area contributed by atoms with Crippen molar-refractivity contribution in [3.63, 3.8) is 0 Å². The molecule has 5 heteroatoms. The molecule has 0 unspecified atom stereocenters. The van der Waals surface area contributed by atoms with Crippen molar-refractivity contribution in [3.8, 4) is 11.5 Å². The third-order valence-corrected chi connectivity index (χ3v) is 3.64. The number of amides is 1. The minimum Gasteiger partial charge on any atom is -0.506 e. The summed E-state index contributed by atoms with van der Waals surface area (Å²) in [4.78, 5) is 12.2. The Morgan fingerprint density at radius 1 is 1.08 bits per heavy atom. The second-order valence-electron chi connectivity index (χ2n) is 5.16. The lowest BCUT2D eigenvalue weighted by Gasteiger charge is -2.06. The summed E-state index contributed by atoms with van der Waals surface area (Å²) >= 11 is 0. The second-order valence-corrected chi connectivity index (χ2v) is 5.16. The Labute approximate surface area is 139 Å². The molecule has 3 rings (SSSR count). The Balaban J connectivity index is 1.75. The molecule has 0 atom stereocenters. The molecule has 24 heavy (non-hydrogen) atoms. The molecule has 0 radical (unpaired) electrons. The van der Waals surface area contributed by atoms with Crippen molar-refractivity contribution in [2.24, 2.45) is 5.10 Å². The molecular weight excluding hydrogens is 304 g/mol. The van der Waals surface area contributed by atoms with Crippen LogP contribution in [0.15, 0.2) is 65.8 Å². The first-order valence-electron chi connectivity index (χ1n) is 7.37. The molecule has 0 aliphatic carbocycles. The number of hydrogen-bond donors (Lipinski definition) is 2.